The number of anilines is 2. The van der Waals surface area contributed by atoms with Crippen molar-refractivity contribution < 1.29 is 9.59 Å². The maximum absolute atomic E-state index is 13.3. The van der Waals surface area contributed by atoms with Gasteiger partial charge >= 0.3 is 0 Å². The molecule has 1 atom stereocenters. The molecule has 4 aromatic rings. The monoisotopic (exact) mass is 486 g/mol. The Kier molecular flexibility index (Phi) is 7.68. The van der Waals surface area contributed by atoms with Crippen LogP contribution in [0.4, 0.5) is 11.4 Å². The summed E-state index contributed by atoms with van der Waals surface area (Å²) >= 11 is 7.65. The Balaban J connectivity index is 1.54. The van der Waals surface area contributed by atoms with E-state index in [9.17, 15) is 9.59 Å². The lowest BCUT2D eigenvalue weighted by molar-refractivity contribution is -0.115. The number of amides is 2. The Morgan fingerprint density at radius 2 is 1.50 bits per heavy atom. The lowest BCUT2D eigenvalue weighted by Crippen LogP contribution is -2.19. The second kappa shape index (κ2) is 11.1. The number of thioether (sulfide) groups is 1. The SMILES string of the molecule is Cc1ccc(C(=O)Nc2cccc(SC(C(=O)Nc3ccccc3Cl)c3ccccc3)c2)cc1. The molecule has 0 heterocycles. The van der Waals surface area contributed by atoms with Crippen LogP contribution in [0.5, 0.6) is 0 Å². The minimum atomic E-state index is -0.513. The van der Waals surface area contributed by atoms with Gasteiger partial charge < -0.3 is 10.6 Å². The first kappa shape index (κ1) is 23.6. The van der Waals surface area contributed by atoms with Gasteiger partial charge in [0.2, 0.25) is 5.91 Å². The number of hydrogen-bond acceptors (Lipinski definition) is 3. The van der Waals surface area contributed by atoms with Crippen molar-refractivity contribution in [3.63, 3.8) is 0 Å². The van der Waals surface area contributed by atoms with Crippen LogP contribution in [-0.2, 0) is 4.79 Å². The van der Waals surface area contributed by atoms with Gasteiger partial charge in [0.25, 0.3) is 5.91 Å². The topological polar surface area (TPSA) is 58.2 Å². The summed E-state index contributed by atoms with van der Waals surface area (Å²) in [5, 5.41) is 5.84. The normalized spacial score (nSPS) is 11.5. The van der Waals surface area contributed by atoms with Gasteiger partial charge in [0, 0.05) is 16.1 Å². The molecule has 1 unspecified atom stereocenters. The Morgan fingerprint density at radius 3 is 2.24 bits per heavy atom. The Labute approximate surface area is 208 Å². The zero-order chi connectivity index (χ0) is 23.9. The lowest BCUT2D eigenvalue weighted by atomic mass is 10.1. The van der Waals surface area contributed by atoms with Crippen molar-refractivity contribution in [1.29, 1.82) is 0 Å². The van der Waals surface area contributed by atoms with Crippen molar-refractivity contribution in [3.05, 3.63) is 125 Å². The highest BCUT2D eigenvalue weighted by atomic mass is 35.5. The molecule has 0 aliphatic carbocycles. The summed E-state index contributed by atoms with van der Waals surface area (Å²) in [5.41, 5.74) is 3.77. The highest BCUT2D eigenvalue weighted by Gasteiger charge is 2.23. The molecule has 170 valence electrons. The van der Waals surface area contributed by atoms with Crippen molar-refractivity contribution >= 4 is 46.6 Å². The number of para-hydroxylation sites is 1. The van der Waals surface area contributed by atoms with E-state index in [4.69, 9.17) is 11.6 Å². The predicted octanol–water partition coefficient (Wildman–Crippen LogP) is 7.37. The summed E-state index contributed by atoms with van der Waals surface area (Å²) in [6.45, 7) is 1.98. The minimum absolute atomic E-state index is 0.182. The maximum Gasteiger partial charge on any atom is 0.255 e. The third-order valence-electron chi connectivity index (χ3n) is 5.13. The van der Waals surface area contributed by atoms with Crippen LogP contribution in [0.15, 0.2) is 108 Å². The smallest absolute Gasteiger partial charge is 0.255 e. The first-order chi connectivity index (χ1) is 16.5. The molecule has 0 bridgehead atoms. The molecule has 2 N–H and O–H groups in total. The van der Waals surface area contributed by atoms with Crippen LogP contribution < -0.4 is 10.6 Å². The molecule has 0 saturated carbocycles. The van der Waals surface area contributed by atoms with Gasteiger partial charge in [-0.25, -0.2) is 0 Å². The molecular weight excluding hydrogens is 464 g/mol. The van der Waals surface area contributed by atoms with E-state index in [1.807, 2.05) is 85.8 Å². The average molecular weight is 487 g/mol. The molecule has 4 rings (SSSR count). The fourth-order valence-electron chi connectivity index (χ4n) is 3.35. The second-order valence-electron chi connectivity index (χ2n) is 7.73. The van der Waals surface area contributed by atoms with Gasteiger partial charge in [0.1, 0.15) is 5.25 Å². The number of halogens is 1. The highest BCUT2D eigenvalue weighted by Crippen LogP contribution is 2.37. The van der Waals surface area contributed by atoms with Crippen LogP contribution in [0.2, 0.25) is 5.02 Å². The first-order valence-corrected chi connectivity index (χ1v) is 12.0. The molecule has 0 aliphatic heterocycles. The molecule has 0 aromatic heterocycles. The molecule has 34 heavy (non-hydrogen) atoms. The van der Waals surface area contributed by atoms with E-state index in [1.54, 1.807) is 24.3 Å². The van der Waals surface area contributed by atoms with Crippen molar-refractivity contribution in [1.82, 2.24) is 0 Å². The predicted molar refractivity (Wildman–Crippen MR) is 141 cm³/mol. The third kappa shape index (κ3) is 6.07. The number of rotatable bonds is 7. The van der Waals surface area contributed by atoms with Gasteiger partial charge in [0.05, 0.1) is 10.7 Å². The molecule has 0 aliphatic rings. The van der Waals surface area contributed by atoms with Crippen LogP contribution in [0.1, 0.15) is 26.7 Å². The van der Waals surface area contributed by atoms with Gasteiger partial charge in [-0.05, 0) is 55.0 Å². The zero-order valence-corrected chi connectivity index (χ0v) is 20.1. The molecular formula is C28H23ClN2O2S. The van der Waals surface area contributed by atoms with E-state index >= 15 is 0 Å². The zero-order valence-electron chi connectivity index (χ0n) is 18.5. The molecule has 2 amide bonds. The number of carbonyl (C=O) groups excluding carboxylic acids is 2. The summed E-state index contributed by atoms with van der Waals surface area (Å²) in [7, 11) is 0. The van der Waals surface area contributed by atoms with E-state index in [0.29, 0.717) is 22.0 Å². The molecule has 4 aromatic carbocycles. The van der Waals surface area contributed by atoms with Gasteiger partial charge in [-0.3, -0.25) is 9.59 Å². The van der Waals surface area contributed by atoms with Gasteiger partial charge in [-0.2, -0.15) is 0 Å². The molecule has 6 heteroatoms. The highest BCUT2D eigenvalue weighted by molar-refractivity contribution is 8.00. The Bertz CT molecular complexity index is 1290. The molecule has 4 nitrogen and oxygen atoms in total. The minimum Gasteiger partial charge on any atom is -0.323 e. The van der Waals surface area contributed by atoms with E-state index in [1.165, 1.54) is 11.8 Å². The third-order valence-corrected chi connectivity index (χ3v) is 6.71. The van der Waals surface area contributed by atoms with E-state index in [-0.39, 0.29) is 11.8 Å². The van der Waals surface area contributed by atoms with Gasteiger partial charge in [0.15, 0.2) is 0 Å². The molecule has 0 fully saturated rings. The van der Waals surface area contributed by atoms with Crippen molar-refractivity contribution in [3.8, 4) is 0 Å². The number of aryl methyl sites for hydroxylation is 1. The average Bonchev–Trinajstić information content (AvgIpc) is 2.85. The van der Waals surface area contributed by atoms with Crippen molar-refractivity contribution in [2.24, 2.45) is 0 Å². The number of nitrogens with one attached hydrogen (secondary N) is 2. The van der Waals surface area contributed by atoms with Crippen LogP contribution in [0.25, 0.3) is 0 Å². The van der Waals surface area contributed by atoms with E-state index < -0.39 is 5.25 Å². The van der Waals surface area contributed by atoms with E-state index in [0.717, 1.165) is 16.0 Å². The van der Waals surface area contributed by atoms with Gasteiger partial charge in [-0.1, -0.05) is 77.8 Å². The molecule has 0 saturated heterocycles. The summed E-state index contributed by atoms with van der Waals surface area (Å²) in [6.07, 6.45) is 0. The molecule has 0 spiro atoms. The number of carbonyl (C=O) groups is 2. The van der Waals surface area contributed by atoms with Crippen LogP contribution >= 0.6 is 23.4 Å². The quantitative estimate of drug-likeness (QED) is 0.268. The summed E-state index contributed by atoms with van der Waals surface area (Å²) < 4.78 is 0. The van der Waals surface area contributed by atoms with Crippen molar-refractivity contribution in [2.45, 2.75) is 17.1 Å². The largest absolute Gasteiger partial charge is 0.323 e. The van der Waals surface area contributed by atoms with Crippen LogP contribution in [0.3, 0.4) is 0 Å². The fourth-order valence-corrected chi connectivity index (χ4v) is 4.62. The second-order valence-corrected chi connectivity index (χ2v) is 9.31. The number of benzene rings is 4. The number of hydrogen-bond donors (Lipinski definition) is 2. The van der Waals surface area contributed by atoms with Gasteiger partial charge in [-0.15, -0.1) is 11.8 Å². The fraction of sp³-hybridized carbons (Fsp3) is 0.0714. The summed E-state index contributed by atoms with van der Waals surface area (Å²) in [5.74, 6) is -0.364. The van der Waals surface area contributed by atoms with Crippen molar-refractivity contribution in [2.75, 3.05) is 10.6 Å². The molecule has 0 radical (unpaired) electrons. The van der Waals surface area contributed by atoms with E-state index in [2.05, 4.69) is 10.6 Å². The van der Waals surface area contributed by atoms with Crippen LogP contribution in [0, 0.1) is 6.92 Å². The van der Waals surface area contributed by atoms with Crippen LogP contribution in [-0.4, -0.2) is 11.8 Å². The Morgan fingerprint density at radius 1 is 0.794 bits per heavy atom. The first-order valence-electron chi connectivity index (χ1n) is 10.7. The maximum atomic E-state index is 13.3. The summed E-state index contributed by atoms with van der Waals surface area (Å²) in [6, 6.07) is 31.6. The standard InChI is InChI=1S/C28H23ClN2O2S/c1-19-14-16-21(17-15-19)27(32)30-22-10-7-11-23(18-22)34-26(20-8-3-2-4-9-20)28(33)31-25-13-6-5-12-24(25)29/h2-18,26H,1H3,(H,30,32)(H,31,33). The summed E-state index contributed by atoms with van der Waals surface area (Å²) in [4.78, 5) is 26.8. The Hall–Kier alpha value is -3.54. The lowest BCUT2D eigenvalue weighted by Gasteiger charge is -2.18.